The van der Waals surface area contributed by atoms with Crippen molar-refractivity contribution in [3.63, 3.8) is 0 Å². The van der Waals surface area contributed by atoms with Crippen molar-refractivity contribution in [2.24, 2.45) is 0 Å². The molecule has 1 aromatic heterocycles. The van der Waals surface area contributed by atoms with Crippen molar-refractivity contribution in [3.8, 4) is 6.07 Å². The molecule has 1 N–H and O–H groups in total. The summed E-state index contributed by atoms with van der Waals surface area (Å²) in [5.74, 6) is -1.22. The number of nitrogens with zero attached hydrogens (tertiary/aromatic N) is 2. The van der Waals surface area contributed by atoms with E-state index in [0.29, 0.717) is 16.8 Å². The number of nitrogens with one attached hydrogen (secondary N) is 1. The lowest BCUT2D eigenvalue weighted by Gasteiger charge is -2.20. The Hall–Kier alpha value is -2.62. The Balaban J connectivity index is 2.84. The molecule has 1 heterocycles. The van der Waals surface area contributed by atoms with E-state index < -0.39 is 12.1 Å². The van der Waals surface area contributed by atoms with E-state index in [4.69, 9.17) is 10.00 Å². The summed E-state index contributed by atoms with van der Waals surface area (Å²) in [6, 6.07) is 1.95. The summed E-state index contributed by atoms with van der Waals surface area (Å²) >= 11 is 0. The van der Waals surface area contributed by atoms with E-state index in [2.05, 4.69) is 4.98 Å². The summed E-state index contributed by atoms with van der Waals surface area (Å²) in [7, 11) is 1.54. The third-order valence-electron chi connectivity index (χ3n) is 3.56. The highest BCUT2D eigenvalue weighted by Crippen LogP contribution is 2.19. The van der Waals surface area contributed by atoms with E-state index in [1.807, 2.05) is 6.07 Å². The second kappa shape index (κ2) is 7.58. The number of H-pyrrole nitrogens is 1. The third-order valence-corrected chi connectivity index (χ3v) is 3.56. The van der Waals surface area contributed by atoms with Gasteiger partial charge in [-0.2, -0.15) is 5.26 Å². The minimum Gasteiger partial charge on any atom is -0.448 e. The maximum atomic E-state index is 12.2. The predicted molar refractivity (Wildman–Crippen MR) is 83.0 cm³/mol. The first-order chi connectivity index (χ1) is 10.7. The van der Waals surface area contributed by atoms with Crippen molar-refractivity contribution >= 4 is 17.7 Å². The SMILES string of the molecule is CC(=O)c1c(C)[nH]c(C(=O)O[C@@H](C)C(=O)N(C)CCC#N)c1C. The van der Waals surface area contributed by atoms with Gasteiger partial charge >= 0.3 is 5.97 Å². The second-order valence-corrected chi connectivity index (χ2v) is 5.40. The van der Waals surface area contributed by atoms with Gasteiger partial charge in [-0.1, -0.05) is 0 Å². The molecule has 0 radical (unpaired) electrons. The van der Waals surface area contributed by atoms with E-state index in [0.717, 1.165) is 0 Å². The van der Waals surface area contributed by atoms with Crippen LogP contribution in [0.2, 0.25) is 0 Å². The molecular formula is C16H21N3O4. The molecule has 1 amide bonds. The highest BCUT2D eigenvalue weighted by Gasteiger charge is 2.26. The van der Waals surface area contributed by atoms with Gasteiger partial charge in [0, 0.05) is 24.8 Å². The molecule has 0 bridgehead atoms. The molecule has 0 fully saturated rings. The van der Waals surface area contributed by atoms with E-state index in [1.54, 1.807) is 20.9 Å². The standard InChI is InChI=1S/C16H21N3O4/c1-9-13(11(3)20)10(2)18-14(9)16(22)23-12(4)15(21)19(5)8-6-7-17/h12,18H,6,8H2,1-5H3/t12-/m0/s1. The first-order valence-corrected chi connectivity index (χ1v) is 7.23. The van der Waals surface area contributed by atoms with Crippen molar-refractivity contribution in [2.45, 2.75) is 40.2 Å². The summed E-state index contributed by atoms with van der Waals surface area (Å²) in [5, 5.41) is 8.53. The van der Waals surface area contributed by atoms with Gasteiger partial charge in [0.25, 0.3) is 5.91 Å². The number of likely N-dealkylation sites (N-methyl/N-ethyl adjacent to an activating group) is 1. The lowest BCUT2D eigenvalue weighted by Crippen LogP contribution is -2.38. The quantitative estimate of drug-likeness (QED) is 0.635. The van der Waals surface area contributed by atoms with E-state index in [9.17, 15) is 14.4 Å². The Kier molecular flexibility index (Phi) is 6.08. The van der Waals surface area contributed by atoms with Crippen LogP contribution in [-0.4, -0.2) is 47.2 Å². The normalized spacial score (nSPS) is 11.5. The first-order valence-electron chi connectivity index (χ1n) is 7.23. The molecule has 0 aromatic carbocycles. The number of ether oxygens (including phenoxy) is 1. The number of hydrogen-bond acceptors (Lipinski definition) is 5. The number of hydrogen-bond donors (Lipinski definition) is 1. The number of carbonyl (C=O) groups is 3. The highest BCUT2D eigenvalue weighted by atomic mass is 16.5. The van der Waals surface area contributed by atoms with Crippen LogP contribution in [0.5, 0.6) is 0 Å². The predicted octanol–water partition coefficient (Wildman–Crippen LogP) is 1.75. The Morgan fingerprint density at radius 2 is 1.96 bits per heavy atom. The van der Waals surface area contributed by atoms with Crippen LogP contribution < -0.4 is 0 Å². The number of nitriles is 1. The maximum Gasteiger partial charge on any atom is 0.355 e. The van der Waals surface area contributed by atoms with Crippen LogP contribution in [0.15, 0.2) is 0 Å². The monoisotopic (exact) mass is 319 g/mol. The van der Waals surface area contributed by atoms with Gasteiger partial charge < -0.3 is 14.6 Å². The van der Waals surface area contributed by atoms with Gasteiger partial charge in [-0.3, -0.25) is 9.59 Å². The van der Waals surface area contributed by atoms with Crippen LogP contribution in [-0.2, 0) is 9.53 Å². The number of rotatable bonds is 6. The Labute approximate surface area is 135 Å². The first kappa shape index (κ1) is 18.4. The fourth-order valence-corrected chi connectivity index (χ4v) is 2.39. The molecule has 0 spiro atoms. The third kappa shape index (κ3) is 4.19. The van der Waals surface area contributed by atoms with E-state index in [-0.39, 0.29) is 30.3 Å². The Morgan fingerprint density at radius 1 is 1.35 bits per heavy atom. The van der Waals surface area contributed by atoms with Gasteiger partial charge in [-0.25, -0.2) is 4.79 Å². The van der Waals surface area contributed by atoms with Gasteiger partial charge in [0.1, 0.15) is 5.69 Å². The molecule has 1 rings (SSSR count). The molecule has 7 nitrogen and oxygen atoms in total. The fraction of sp³-hybridized carbons (Fsp3) is 0.500. The Bertz CT molecular complexity index is 670. The molecule has 0 aliphatic carbocycles. The molecule has 1 aromatic rings. The number of aromatic amines is 1. The molecule has 1 atom stereocenters. The number of aromatic nitrogens is 1. The molecule has 23 heavy (non-hydrogen) atoms. The zero-order chi connectivity index (χ0) is 17.7. The van der Waals surface area contributed by atoms with Gasteiger partial charge in [0.2, 0.25) is 0 Å². The maximum absolute atomic E-state index is 12.2. The molecule has 124 valence electrons. The van der Waals surface area contributed by atoms with Crippen molar-refractivity contribution in [1.29, 1.82) is 5.26 Å². The lowest BCUT2D eigenvalue weighted by molar-refractivity contribution is -0.138. The summed E-state index contributed by atoms with van der Waals surface area (Å²) in [6.45, 7) is 6.52. The number of Topliss-reactive ketones (excluding diaryl/α,β-unsaturated/α-hetero) is 1. The topological polar surface area (TPSA) is 103 Å². The van der Waals surface area contributed by atoms with Crippen molar-refractivity contribution in [1.82, 2.24) is 9.88 Å². The molecule has 0 unspecified atom stereocenters. The highest BCUT2D eigenvalue weighted by molar-refractivity contribution is 6.01. The average molecular weight is 319 g/mol. The van der Waals surface area contributed by atoms with Crippen LogP contribution >= 0.6 is 0 Å². The van der Waals surface area contributed by atoms with E-state index in [1.165, 1.54) is 18.7 Å². The largest absolute Gasteiger partial charge is 0.448 e. The molecule has 0 aliphatic rings. The minimum absolute atomic E-state index is 0.143. The van der Waals surface area contributed by atoms with Crippen LogP contribution in [0.4, 0.5) is 0 Å². The van der Waals surface area contributed by atoms with Crippen molar-refractivity contribution < 1.29 is 19.1 Å². The van der Waals surface area contributed by atoms with Gasteiger partial charge in [0.15, 0.2) is 11.9 Å². The summed E-state index contributed by atoms with van der Waals surface area (Å²) in [6.07, 6.45) is -0.769. The van der Waals surface area contributed by atoms with Crippen molar-refractivity contribution in [2.75, 3.05) is 13.6 Å². The minimum atomic E-state index is -0.977. The second-order valence-electron chi connectivity index (χ2n) is 5.40. The Morgan fingerprint density at radius 3 is 2.43 bits per heavy atom. The zero-order valence-corrected chi connectivity index (χ0v) is 14.0. The number of esters is 1. The smallest absolute Gasteiger partial charge is 0.355 e. The van der Waals surface area contributed by atoms with Crippen LogP contribution in [0, 0.1) is 25.2 Å². The molecule has 7 heteroatoms. The van der Waals surface area contributed by atoms with Gasteiger partial charge in [-0.05, 0) is 33.3 Å². The van der Waals surface area contributed by atoms with Crippen LogP contribution in [0.25, 0.3) is 0 Å². The lowest BCUT2D eigenvalue weighted by atomic mass is 10.1. The van der Waals surface area contributed by atoms with Crippen LogP contribution in [0.3, 0.4) is 0 Å². The van der Waals surface area contributed by atoms with E-state index >= 15 is 0 Å². The molecular weight excluding hydrogens is 298 g/mol. The molecule has 0 saturated heterocycles. The number of carbonyl (C=O) groups excluding carboxylic acids is 3. The molecule has 0 aliphatic heterocycles. The summed E-state index contributed by atoms with van der Waals surface area (Å²) in [4.78, 5) is 40.0. The summed E-state index contributed by atoms with van der Waals surface area (Å²) < 4.78 is 5.17. The van der Waals surface area contributed by atoms with Gasteiger partial charge in [-0.15, -0.1) is 0 Å². The number of aryl methyl sites for hydroxylation is 1. The fourth-order valence-electron chi connectivity index (χ4n) is 2.39. The average Bonchev–Trinajstić information content (AvgIpc) is 2.78. The number of amides is 1. The van der Waals surface area contributed by atoms with Crippen molar-refractivity contribution in [3.05, 3.63) is 22.5 Å². The van der Waals surface area contributed by atoms with Crippen LogP contribution in [0.1, 0.15) is 52.4 Å². The van der Waals surface area contributed by atoms with Gasteiger partial charge in [0.05, 0.1) is 12.5 Å². The number of ketones is 1. The zero-order valence-electron chi connectivity index (χ0n) is 14.0. The summed E-state index contributed by atoms with van der Waals surface area (Å²) in [5.41, 5.74) is 1.73. The molecule has 0 saturated carbocycles.